The fraction of sp³-hybridized carbons (Fsp3) is 0. The van der Waals surface area contributed by atoms with Crippen molar-refractivity contribution in [3.8, 4) is 0 Å². The molecule has 0 unspecified atom stereocenters. The Labute approximate surface area is 74.4 Å². The van der Waals surface area contributed by atoms with Crippen LogP contribution in [0.4, 0.5) is 5.82 Å². The molecule has 13 heavy (non-hydrogen) atoms. The number of benzene rings is 1. The van der Waals surface area contributed by atoms with Gasteiger partial charge in [-0.3, -0.25) is 4.79 Å². The molecule has 0 amide bonds. The first-order valence-electron chi connectivity index (χ1n) is 3.76. The maximum absolute atomic E-state index is 10.5. The molecule has 0 aliphatic carbocycles. The van der Waals surface area contributed by atoms with E-state index in [4.69, 9.17) is 5.73 Å². The zero-order valence-electron chi connectivity index (χ0n) is 6.77. The Balaban J connectivity index is 2.81. The minimum absolute atomic E-state index is 0.397. The predicted molar refractivity (Wildman–Crippen MR) is 49.3 cm³/mol. The van der Waals surface area contributed by atoms with Crippen molar-refractivity contribution in [2.24, 2.45) is 0 Å². The second kappa shape index (κ2) is 2.82. The van der Waals surface area contributed by atoms with Gasteiger partial charge >= 0.3 is 0 Å². The topological polar surface area (TPSA) is 68.9 Å². The number of fused-ring (bicyclic) bond motifs is 1. The zero-order chi connectivity index (χ0) is 9.26. The van der Waals surface area contributed by atoms with Crippen LogP contribution in [0.5, 0.6) is 0 Å². The van der Waals surface area contributed by atoms with E-state index in [-0.39, 0.29) is 0 Å². The molecule has 1 aromatic heterocycles. The molecule has 0 radical (unpaired) electrons. The quantitative estimate of drug-likeness (QED) is 0.654. The van der Waals surface area contributed by atoms with E-state index in [1.54, 1.807) is 18.2 Å². The van der Waals surface area contributed by atoms with Crippen molar-refractivity contribution in [1.82, 2.24) is 9.97 Å². The summed E-state index contributed by atoms with van der Waals surface area (Å²) in [5, 5.41) is 0.715. The largest absolute Gasteiger partial charge is 0.383 e. The SMILES string of the molecule is Nc1ncnc2ccc(C=O)cc12. The smallest absolute Gasteiger partial charge is 0.150 e. The molecule has 2 rings (SSSR count). The van der Waals surface area contributed by atoms with E-state index in [0.29, 0.717) is 16.8 Å². The van der Waals surface area contributed by atoms with E-state index in [1.165, 1.54) is 6.33 Å². The normalized spacial score (nSPS) is 10.2. The molecule has 2 aromatic rings. The molecule has 4 heteroatoms. The predicted octanol–water partition coefficient (Wildman–Crippen LogP) is 1.02. The van der Waals surface area contributed by atoms with Gasteiger partial charge in [0.05, 0.1) is 5.52 Å². The molecule has 0 saturated heterocycles. The number of nitrogens with zero attached hydrogens (tertiary/aromatic N) is 2. The molecule has 0 aliphatic rings. The molecule has 0 atom stereocenters. The van der Waals surface area contributed by atoms with Crippen LogP contribution < -0.4 is 5.73 Å². The lowest BCUT2D eigenvalue weighted by Crippen LogP contribution is -1.93. The number of anilines is 1. The van der Waals surface area contributed by atoms with Crippen LogP contribution in [0, 0.1) is 0 Å². The van der Waals surface area contributed by atoms with Crippen LogP contribution in [0.25, 0.3) is 10.9 Å². The van der Waals surface area contributed by atoms with Crippen molar-refractivity contribution < 1.29 is 4.79 Å². The Morgan fingerprint density at radius 3 is 2.92 bits per heavy atom. The summed E-state index contributed by atoms with van der Waals surface area (Å²) < 4.78 is 0. The number of carbonyl (C=O) groups excluding carboxylic acids is 1. The lowest BCUT2D eigenvalue weighted by Gasteiger charge is -1.99. The van der Waals surface area contributed by atoms with Gasteiger partial charge < -0.3 is 5.73 Å². The van der Waals surface area contributed by atoms with Crippen LogP contribution in [0.3, 0.4) is 0 Å². The monoisotopic (exact) mass is 173 g/mol. The Bertz CT molecular complexity index is 467. The van der Waals surface area contributed by atoms with Gasteiger partial charge in [-0.1, -0.05) is 0 Å². The molecule has 0 saturated carbocycles. The standard InChI is InChI=1S/C9H7N3O/c10-9-7-3-6(4-13)1-2-8(7)11-5-12-9/h1-5H,(H2,10,11,12). The van der Waals surface area contributed by atoms with Crippen molar-refractivity contribution in [2.45, 2.75) is 0 Å². The number of nitrogens with two attached hydrogens (primary N) is 1. The third-order valence-electron chi connectivity index (χ3n) is 1.83. The number of hydrogen-bond acceptors (Lipinski definition) is 4. The van der Waals surface area contributed by atoms with E-state index in [0.717, 1.165) is 11.8 Å². The Hall–Kier alpha value is -1.97. The minimum atomic E-state index is 0.397. The molecule has 0 fully saturated rings. The summed E-state index contributed by atoms with van der Waals surface area (Å²) in [7, 11) is 0. The molecular weight excluding hydrogens is 166 g/mol. The van der Waals surface area contributed by atoms with Crippen LogP contribution in [0.15, 0.2) is 24.5 Å². The van der Waals surface area contributed by atoms with Crippen molar-refractivity contribution in [3.63, 3.8) is 0 Å². The minimum Gasteiger partial charge on any atom is -0.383 e. The van der Waals surface area contributed by atoms with Crippen molar-refractivity contribution in [1.29, 1.82) is 0 Å². The van der Waals surface area contributed by atoms with Gasteiger partial charge in [0, 0.05) is 10.9 Å². The van der Waals surface area contributed by atoms with Gasteiger partial charge in [-0.2, -0.15) is 0 Å². The molecule has 1 heterocycles. The van der Waals surface area contributed by atoms with Gasteiger partial charge in [-0.15, -0.1) is 0 Å². The summed E-state index contributed by atoms with van der Waals surface area (Å²) in [6.45, 7) is 0. The number of aldehydes is 1. The summed E-state index contributed by atoms with van der Waals surface area (Å²) in [6.07, 6.45) is 2.17. The van der Waals surface area contributed by atoms with E-state index in [1.807, 2.05) is 0 Å². The summed E-state index contributed by atoms with van der Waals surface area (Å²) >= 11 is 0. The first-order chi connectivity index (χ1) is 6.31. The van der Waals surface area contributed by atoms with Crippen molar-refractivity contribution in [2.75, 3.05) is 5.73 Å². The lowest BCUT2D eigenvalue weighted by atomic mass is 10.1. The maximum atomic E-state index is 10.5. The first-order valence-corrected chi connectivity index (χ1v) is 3.76. The maximum Gasteiger partial charge on any atom is 0.150 e. The third kappa shape index (κ3) is 1.22. The summed E-state index contributed by atoms with van der Waals surface area (Å²) in [5.74, 6) is 0.397. The van der Waals surface area contributed by atoms with Gasteiger partial charge in [-0.25, -0.2) is 9.97 Å². The molecule has 64 valence electrons. The average molecular weight is 173 g/mol. The van der Waals surface area contributed by atoms with Crippen LogP contribution in [-0.4, -0.2) is 16.3 Å². The number of rotatable bonds is 1. The first kappa shape index (κ1) is 7.67. The van der Waals surface area contributed by atoms with E-state index in [9.17, 15) is 4.79 Å². The Morgan fingerprint density at radius 2 is 2.15 bits per heavy atom. The average Bonchev–Trinajstić information content (AvgIpc) is 2.18. The van der Waals surface area contributed by atoms with Crippen LogP contribution in [0.1, 0.15) is 10.4 Å². The molecule has 2 N–H and O–H groups in total. The highest BCUT2D eigenvalue weighted by Crippen LogP contribution is 2.16. The van der Waals surface area contributed by atoms with Crippen molar-refractivity contribution >= 4 is 23.0 Å². The number of carbonyl (C=O) groups is 1. The fourth-order valence-electron chi connectivity index (χ4n) is 1.17. The van der Waals surface area contributed by atoms with E-state index < -0.39 is 0 Å². The van der Waals surface area contributed by atoms with Crippen molar-refractivity contribution in [3.05, 3.63) is 30.1 Å². The van der Waals surface area contributed by atoms with Gasteiger partial charge in [0.25, 0.3) is 0 Å². The summed E-state index contributed by atoms with van der Waals surface area (Å²) in [6, 6.07) is 5.12. The summed E-state index contributed by atoms with van der Waals surface area (Å²) in [5.41, 5.74) is 6.94. The highest BCUT2D eigenvalue weighted by atomic mass is 16.1. The van der Waals surface area contributed by atoms with Gasteiger partial charge in [0.15, 0.2) is 0 Å². The Kier molecular flexibility index (Phi) is 1.66. The van der Waals surface area contributed by atoms with E-state index in [2.05, 4.69) is 9.97 Å². The second-order valence-electron chi connectivity index (χ2n) is 2.65. The molecule has 0 aliphatic heterocycles. The zero-order valence-corrected chi connectivity index (χ0v) is 6.77. The molecule has 0 spiro atoms. The lowest BCUT2D eigenvalue weighted by molar-refractivity contribution is 0.112. The van der Waals surface area contributed by atoms with Crippen LogP contribution >= 0.6 is 0 Å². The number of aromatic nitrogens is 2. The molecule has 4 nitrogen and oxygen atoms in total. The van der Waals surface area contributed by atoms with Gasteiger partial charge in [0.2, 0.25) is 0 Å². The summed E-state index contributed by atoms with van der Waals surface area (Å²) in [4.78, 5) is 18.3. The number of hydrogen-bond donors (Lipinski definition) is 1. The molecular formula is C9H7N3O. The molecule has 1 aromatic carbocycles. The number of nitrogen functional groups attached to an aromatic ring is 1. The highest BCUT2D eigenvalue weighted by molar-refractivity contribution is 5.92. The van der Waals surface area contributed by atoms with Crippen LogP contribution in [-0.2, 0) is 0 Å². The fourth-order valence-corrected chi connectivity index (χ4v) is 1.17. The van der Waals surface area contributed by atoms with Crippen LogP contribution in [0.2, 0.25) is 0 Å². The van der Waals surface area contributed by atoms with Gasteiger partial charge in [0.1, 0.15) is 18.4 Å². The second-order valence-corrected chi connectivity index (χ2v) is 2.65. The van der Waals surface area contributed by atoms with E-state index >= 15 is 0 Å². The highest BCUT2D eigenvalue weighted by Gasteiger charge is 2.00. The Morgan fingerprint density at radius 1 is 1.31 bits per heavy atom. The molecule has 0 bridgehead atoms. The third-order valence-corrected chi connectivity index (χ3v) is 1.83. The van der Waals surface area contributed by atoms with Gasteiger partial charge in [-0.05, 0) is 18.2 Å².